The maximum atomic E-state index is 13.4. The minimum absolute atomic E-state index is 0.193. The molecule has 1 N–H and O–H groups in total. The van der Waals surface area contributed by atoms with Gasteiger partial charge in [0, 0.05) is 11.6 Å². The van der Waals surface area contributed by atoms with Crippen LogP contribution < -0.4 is 4.72 Å². The number of nitrogens with one attached hydrogen (secondary N) is 1. The summed E-state index contributed by atoms with van der Waals surface area (Å²) in [7, 11) is -3.82. The second-order valence-corrected chi connectivity index (χ2v) is 6.38. The molecule has 20 heavy (non-hydrogen) atoms. The zero-order chi connectivity index (χ0) is 14.6. The van der Waals surface area contributed by atoms with Gasteiger partial charge in [0.05, 0.1) is 0 Å². The third kappa shape index (κ3) is 3.79. The van der Waals surface area contributed by atoms with Crippen LogP contribution in [0.2, 0.25) is 5.02 Å². The average molecular weight is 314 g/mol. The smallest absolute Gasteiger partial charge is 0.211 e. The van der Waals surface area contributed by atoms with Crippen molar-refractivity contribution in [2.24, 2.45) is 0 Å². The van der Waals surface area contributed by atoms with Gasteiger partial charge in [0.15, 0.2) is 0 Å². The Morgan fingerprint density at radius 2 is 1.70 bits per heavy atom. The van der Waals surface area contributed by atoms with Crippen LogP contribution in [0.15, 0.2) is 53.4 Å². The molecule has 0 aromatic heterocycles. The molecule has 0 heterocycles. The summed E-state index contributed by atoms with van der Waals surface area (Å²) in [5, 5.41) is 0.626. The summed E-state index contributed by atoms with van der Waals surface area (Å²) in [6.07, 6.45) is 0.505. The molecule has 0 spiro atoms. The van der Waals surface area contributed by atoms with Crippen molar-refractivity contribution in [3.63, 3.8) is 0 Å². The normalized spacial score (nSPS) is 11.5. The largest absolute Gasteiger partial charge is 0.243 e. The van der Waals surface area contributed by atoms with Crippen molar-refractivity contribution < 1.29 is 12.8 Å². The minimum atomic E-state index is -3.82. The lowest BCUT2D eigenvalue weighted by molar-refractivity contribution is 0.557. The molecule has 0 aliphatic rings. The molecule has 0 radical (unpaired) electrons. The standard InChI is InChI=1S/C14H13ClFNO2S/c15-12-7-5-11(6-8-12)9-10-17-20(18,19)14-4-2-1-3-13(14)16/h1-8,17H,9-10H2. The summed E-state index contributed by atoms with van der Waals surface area (Å²) in [6, 6.07) is 12.4. The van der Waals surface area contributed by atoms with Gasteiger partial charge in [-0.1, -0.05) is 35.9 Å². The minimum Gasteiger partial charge on any atom is -0.211 e. The Morgan fingerprint density at radius 3 is 2.35 bits per heavy atom. The summed E-state index contributed by atoms with van der Waals surface area (Å²) < 4.78 is 39.7. The molecule has 0 aliphatic carbocycles. The van der Waals surface area contributed by atoms with E-state index < -0.39 is 15.8 Å². The first-order valence-electron chi connectivity index (χ1n) is 5.98. The van der Waals surface area contributed by atoms with E-state index in [1.54, 1.807) is 12.1 Å². The Labute approximate surface area is 122 Å². The van der Waals surface area contributed by atoms with Gasteiger partial charge in [-0.3, -0.25) is 0 Å². The second kappa shape index (κ2) is 6.35. The summed E-state index contributed by atoms with van der Waals surface area (Å²) in [6.45, 7) is 0.193. The van der Waals surface area contributed by atoms with Gasteiger partial charge in [0.25, 0.3) is 0 Å². The molecule has 3 nitrogen and oxygen atoms in total. The van der Waals surface area contributed by atoms with Crippen LogP contribution in [0.4, 0.5) is 4.39 Å². The van der Waals surface area contributed by atoms with Crippen LogP contribution in [0.25, 0.3) is 0 Å². The van der Waals surface area contributed by atoms with Gasteiger partial charge in [-0.2, -0.15) is 0 Å². The molecule has 0 fully saturated rings. The van der Waals surface area contributed by atoms with Gasteiger partial charge in [0.2, 0.25) is 10.0 Å². The SMILES string of the molecule is O=S(=O)(NCCc1ccc(Cl)cc1)c1ccccc1F. The Balaban J connectivity index is 2.00. The Hall–Kier alpha value is -1.43. The summed E-state index contributed by atoms with van der Waals surface area (Å²) in [5.41, 5.74) is 0.950. The van der Waals surface area contributed by atoms with Gasteiger partial charge >= 0.3 is 0 Å². The van der Waals surface area contributed by atoms with Crippen molar-refractivity contribution in [1.82, 2.24) is 4.72 Å². The molecule has 0 aliphatic heterocycles. The van der Waals surface area contributed by atoms with Crippen LogP contribution >= 0.6 is 11.6 Å². The molecule has 0 bridgehead atoms. The molecule has 0 unspecified atom stereocenters. The predicted octanol–water partition coefficient (Wildman–Crippen LogP) is 3.00. The van der Waals surface area contributed by atoms with Crippen LogP contribution in [0.5, 0.6) is 0 Å². The molecule has 106 valence electrons. The van der Waals surface area contributed by atoms with E-state index in [0.717, 1.165) is 11.6 Å². The van der Waals surface area contributed by atoms with Gasteiger partial charge in [-0.25, -0.2) is 17.5 Å². The summed E-state index contributed by atoms with van der Waals surface area (Å²) >= 11 is 5.76. The van der Waals surface area contributed by atoms with E-state index in [0.29, 0.717) is 11.4 Å². The molecule has 6 heteroatoms. The van der Waals surface area contributed by atoms with Crippen LogP contribution in [0.3, 0.4) is 0 Å². The van der Waals surface area contributed by atoms with Crippen molar-refractivity contribution >= 4 is 21.6 Å². The predicted molar refractivity (Wildman–Crippen MR) is 76.7 cm³/mol. The molecular formula is C14H13ClFNO2S. The Morgan fingerprint density at radius 1 is 1.05 bits per heavy atom. The van der Waals surface area contributed by atoms with Crippen molar-refractivity contribution in [1.29, 1.82) is 0 Å². The Kier molecular flexibility index (Phi) is 4.75. The number of sulfonamides is 1. The third-order valence-electron chi connectivity index (χ3n) is 2.75. The van der Waals surface area contributed by atoms with Gasteiger partial charge in [-0.15, -0.1) is 0 Å². The van der Waals surface area contributed by atoms with Crippen molar-refractivity contribution in [3.05, 3.63) is 64.9 Å². The number of hydrogen-bond acceptors (Lipinski definition) is 2. The zero-order valence-corrected chi connectivity index (χ0v) is 12.1. The van der Waals surface area contributed by atoms with Crippen LogP contribution in [0, 0.1) is 5.82 Å². The maximum Gasteiger partial charge on any atom is 0.243 e. The Bertz CT molecular complexity index is 687. The van der Waals surface area contributed by atoms with E-state index in [2.05, 4.69) is 4.72 Å². The lowest BCUT2D eigenvalue weighted by Gasteiger charge is -2.07. The number of halogens is 2. The number of hydrogen-bond donors (Lipinski definition) is 1. The van der Waals surface area contributed by atoms with E-state index in [4.69, 9.17) is 11.6 Å². The highest BCUT2D eigenvalue weighted by Crippen LogP contribution is 2.13. The van der Waals surface area contributed by atoms with Gasteiger partial charge in [-0.05, 0) is 36.2 Å². The second-order valence-electron chi connectivity index (χ2n) is 4.20. The lowest BCUT2D eigenvalue weighted by Crippen LogP contribution is -2.26. The monoisotopic (exact) mass is 313 g/mol. The first kappa shape index (κ1) is 15.0. The van der Waals surface area contributed by atoms with E-state index in [9.17, 15) is 12.8 Å². The van der Waals surface area contributed by atoms with Crippen molar-refractivity contribution in [2.75, 3.05) is 6.54 Å². The molecule has 2 rings (SSSR count). The fraction of sp³-hybridized carbons (Fsp3) is 0.143. The van der Waals surface area contributed by atoms with Gasteiger partial charge in [0.1, 0.15) is 10.7 Å². The highest BCUT2D eigenvalue weighted by atomic mass is 35.5. The van der Waals surface area contributed by atoms with Gasteiger partial charge < -0.3 is 0 Å². The molecule has 2 aromatic carbocycles. The fourth-order valence-electron chi connectivity index (χ4n) is 1.72. The third-order valence-corrected chi connectivity index (χ3v) is 4.49. The fourth-order valence-corrected chi connectivity index (χ4v) is 2.96. The molecule has 0 saturated carbocycles. The molecule has 0 saturated heterocycles. The van der Waals surface area contributed by atoms with Crippen molar-refractivity contribution in [2.45, 2.75) is 11.3 Å². The van der Waals surface area contributed by atoms with Crippen LogP contribution in [0.1, 0.15) is 5.56 Å². The summed E-state index contributed by atoms with van der Waals surface area (Å²) in [5.74, 6) is -0.758. The zero-order valence-electron chi connectivity index (χ0n) is 10.5. The highest BCUT2D eigenvalue weighted by molar-refractivity contribution is 7.89. The molecular weight excluding hydrogens is 301 g/mol. The van der Waals surface area contributed by atoms with Crippen molar-refractivity contribution in [3.8, 4) is 0 Å². The van der Waals surface area contributed by atoms with Crippen LogP contribution in [-0.2, 0) is 16.4 Å². The highest BCUT2D eigenvalue weighted by Gasteiger charge is 2.17. The molecule has 0 atom stereocenters. The van der Waals surface area contributed by atoms with E-state index in [1.165, 1.54) is 18.2 Å². The summed E-state index contributed by atoms with van der Waals surface area (Å²) in [4.78, 5) is -0.337. The van der Waals surface area contributed by atoms with Crippen LogP contribution in [-0.4, -0.2) is 15.0 Å². The maximum absolute atomic E-state index is 13.4. The molecule has 2 aromatic rings. The number of benzene rings is 2. The quantitative estimate of drug-likeness (QED) is 0.922. The van der Waals surface area contributed by atoms with E-state index >= 15 is 0 Å². The number of rotatable bonds is 5. The van der Waals surface area contributed by atoms with E-state index in [1.807, 2.05) is 12.1 Å². The molecule has 0 amide bonds. The lowest BCUT2D eigenvalue weighted by atomic mass is 10.2. The topological polar surface area (TPSA) is 46.2 Å². The average Bonchev–Trinajstić information content (AvgIpc) is 2.41. The first-order valence-corrected chi connectivity index (χ1v) is 7.84. The first-order chi connectivity index (χ1) is 9.49. The van der Waals surface area contributed by atoms with E-state index in [-0.39, 0.29) is 11.4 Å².